The molecule has 1 unspecified atom stereocenters. The Morgan fingerprint density at radius 3 is 2.39 bits per heavy atom. The number of rotatable bonds is 2. The predicted octanol–water partition coefficient (Wildman–Crippen LogP) is 1.47. The van der Waals surface area contributed by atoms with E-state index in [1.54, 1.807) is 18.5 Å². The summed E-state index contributed by atoms with van der Waals surface area (Å²) in [7, 11) is 0. The SMILES string of the molecule is O=C1[N]C(c2ccccc2)(c2ncccn2)CO1. The highest BCUT2D eigenvalue weighted by atomic mass is 16.6. The predicted molar refractivity (Wildman–Crippen MR) is 62.7 cm³/mol. The Labute approximate surface area is 104 Å². The van der Waals surface area contributed by atoms with Gasteiger partial charge >= 0.3 is 6.09 Å². The fourth-order valence-corrected chi connectivity index (χ4v) is 2.00. The van der Waals surface area contributed by atoms with Gasteiger partial charge in [-0.15, -0.1) is 0 Å². The van der Waals surface area contributed by atoms with Crippen molar-refractivity contribution in [2.45, 2.75) is 5.54 Å². The second-order valence-corrected chi connectivity index (χ2v) is 3.97. The van der Waals surface area contributed by atoms with Crippen molar-refractivity contribution in [3.8, 4) is 0 Å². The Balaban J connectivity index is 2.14. The molecule has 0 bridgehead atoms. The van der Waals surface area contributed by atoms with Gasteiger partial charge in [0.15, 0.2) is 11.4 Å². The zero-order valence-corrected chi connectivity index (χ0v) is 9.48. The van der Waals surface area contributed by atoms with Gasteiger partial charge in [-0.25, -0.2) is 14.8 Å². The number of nitrogens with zero attached hydrogens (tertiary/aromatic N) is 3. The first kappa shape index (κ1) is 10.7. The quantitative estimate of drug-likeness (QED) is 0.797. The Kier molecular flexibility index (Phi) is 2.44. The Bertz CT molecular complexity index is 517. The number of hydrogen-bond acceptors (Lipinski definition) is 4. The van der Waals surface area contributed by atoms with Crippen LogP contribution in [0.25, 0.3) is 0 Å². The van der Waals surface area contributed by atoms with E-state index in [0.717, 1.165) is 5.56 Å². The highest BCUT2D eigenvalue weighted by Crippen LogP contribution is 2.32. The Morgan fingerprint density at radius 2 is 1.78 bits per heavy atom. The van der Waals surface area contributed by atoms with Crippen LogP contribution in [0.2, 0.25) is 0 Å². The van der Waals surface area contributed by atoms with Crippen LogP contribution < -0.4 is 5.32 Å². The zero-order valence-electron chi connectivity index (χ0n) is 9.48. The molecule has 3 rings (SSSR count). The molecule has 0 N–H and O–H groups in total. The second-order valence-electron chi connectivity index (χ2n) is 3.97. The van der Waals surface area contributed by atoms with E-state index in [9.17, 15) is 4.79 Å². The number of benzene rings is 1. The van der Waals surface area contributed by atoms with Crippen molar-refractivity contribution < 1.29 is 9.53 Å². The van der Waals surface area contributed by atoms with Crippen LogP contribution in [-0.2, 0) is 10.3 Å². The first-order valence-corrected chi connectivity index (χ1v) is 5.54. The normalized spacial score (nSPS) is 22.3. The van der Waals surface area contributed by atoms with E-state index >= 15 is 0 Å². The van der Waals surface area contributed by atoms with E-state index in [1.807, 2.05) is 30.3 Å². The molecule has 1 radical (unpaired) electrons. The van der Waals surface area contributed by atoms with Gasteiger partial charge in [0.2, 0.25) is 0 Å². The van der Waals surface area contributed by atoms with Crippen LogP contribution in [0.3, 0.4) is 0 Å². The summed E-state index contributed by atoms with van der Waals surface area (Å²) in [6.07, 6.45) is 2.68. The maximum absolute atomic E-state index is 11.4. The van der Waals surface area contributed by atoms with Crippen LogP contribution >= 0.6 is 0 Å². The van der Waals surface area contributed by atoms with E-state index in [1.165, 1.54) is 0 Å². The van der Waals surface area contributed by atoms with Gasteiger partial charge < -0.3 is 4.74 Å². The second kappa shape index (κ2) is 4.10. The molecule has 5 heteroatoms. The molecule has 1 atom stereocenters. The van der Waals surface area contributed by atoms with Crippen molar-refractivity contribution in [1.82, 2.24) is 15.3 Å². The average Bonchev–Trinajstić information content (AvgIpc) is 2.84. The minimum Gasteiger partial charge on any atom is -0.445 e. The van der Waals surface area contributed by atoms with Crippen molar-refractivity contribution >= 4 is 6.09 Å². The summed E-state index contributed by atoms with van der Waals surface area (Å²) >= 11 is 0. The van der Waals surface area contributed by atoms with Gasteiger partial charge in [0.25, 0.3) is 0 Å². The molecule has 1 aromatic heterocycles. The molecular formula is C13H10N3O2. The Hall–Kier alpha value is -2.43. The summed E-state index contributed by atoms with van der Waals surface area (Å²) in [6, 6.07) is 11.2. The first-order chi connectivity index (χ1) is 8.81. The van der Waals surface area contributed by atoms with Crippen LogP contribution in [0.15, 0.2) is 48.8 Å². The molecule has 0 saturated carbocycles. The van der Waals surface area contributed by atoms with E-state index in [4.69, 9.17) is 4.74 Å². The lowest BCUT2D eigenvalue weighted by molar-refractivity contribution is 0.174. The molecule has 1 saturated heterocycles. The molecule has 1 aromatic carbocycles. The number of amides is 1. The molecule has 1 aliphatic rings. The van der Waals surface area contributed by atoms with Crippen LogP contribution in [0, 0.1) is 0 Å². The lowest BCUT2D eigenvalue weighted by Gasteiger charge is -2.22. The lowest BCUT2D eigenvalue weighted by atomic mass is 9.90. The number of cyclic esters (lactones) is 1. The fourth-order valence-electron chi connectivity index (χ4n) is 2.00. The van der Waals surface area contributed by atoms with E-state index in [0.29, 0.717) is 5.82 Å². The molecular weight excluding hydrogens is 230 g/mol. The molecule has 18 heavy (non-hydrogen) atoms. The molecule has 89 valence electrons. The molecule has 2 aromatic rings. The van der Waals surface area contributed by atoms with Gasteiger partial charge in [0, 0.05) is 12.4 Å². The summed E-state index contributed by atoms with van der Waals surface area (Å²) < 4.78 is 4.99. The van der Waals surface area contributed by atoms with E-state index < -0.39 is 11.6 Å². The molecule has 0 aliphatic carbocycles. The highest BCUT2D eigenvalue weighted by molar-refractivity contribution is 5.72. The molecule has 1 amide bonds. The zero-order chi connectivity index (χ0) is 12.4. The van der Waals surface area contributed by atoms with Gasteiger partial charge in [0.05, 0.1) is 0 Å². The minimum absolute atomic E-state index is 0.139. The first-order valence-electron chi connectivity index (χ1n) is 5.54. The number of carbonyl (C=O) groups is 1. The largest absolute Gasteiger partial charge is 0.445 e. The van der Waals surface area contributed by atoms with Gasteiger partial charge in [-0.2, -0.15) is 5.32 Å². The van der Waals surface area contributed by atoms with E-state index in [2.05, 4.69) is 15.3 Å². The third-order valence-corrected chi connectivity index (χ3v) is 2.87. The molecule has 0 spiro atoms. The summed E-state index contributed by atoms with van der Waals surface area (Å²) in [5.74, 6) is 0.474. The maximum atomic E-state index is 11.4. The highest BCUT2D eigenvalue weighted by Gasteiger charge is 2.47. The van der Waals surface area contributed by atoms with Crippen molar-refractivity contribution in [2.75, 3.05) is 6.61 Å². The minimum atomic E-state index is -0.917. The van der Waals surface area contributed by atoms with E-state index in [-0.39, 0.29) is 6.61 Å². The third-order valence-electron chi connectivity index (χ3n) is 2.87. The van der Waals surface area contributed by atoms with Gasteiger partial charge in [0.1, 0.15) is 6.61 Å². The molecule has 1 aliphatic heterocycles. The van der Waals surface area contributed by atoms with Gasteiger partial charge in [-0.3, -0.25) is 0 Å². The smallest absolute Gasteiger partial charge is 0.430 e. The van der Waals surface area contributed by atoms with Crippen molar-refractivity contribution in [3.05, 3.63) is 60.2 Å². The van der Waals surface area contributed by atoms with Crippen LogP contribution in [0.5, 0.6) is 0 Å². The molecule has 2 heterocycles. The average molecular weight is 240 g/mol. The van der Waals surface area contributed by atoms with Crippen LogP contribution in [0.1, 0.15) is 11.4 Å². The number of carbonyl (C=O) groups excluding carboxylic acids is 1. The maximum Gasteiger partial charge on any atom is 0.430 e. The number of ether oxygens (including phenoxy) is 1. The van der Waals surface area contributed by atoms with Crippen molar-refractivity contribution in [3.63, 3.8) is 0 Å². The lowest BCUT2D eigenvalue weighted by Crippen LogP contribution is -2.38. The number of hydrogen-bond donors (Lipinski definition) is 0. The van der Waals surface area contributed by atoms with Crippen LogP contribution in [0.4, 0.5) is 4.79 Å². The van der Waals surface area contributed by atoms with Gasteiger partial charge in [-0.05, 0) is 11.6 Å². The Morgan fingerprint density at radius 1 is 1.06 bits per heavy atom. The number of aromatic nitrogens is 2. The fraction of sp³-hybridized carbons (Fsp3) is 0.154. The summed E-state index contributed by atoms with van der Waals surface area (Å²) in [4.78, 5) is 19.8. The standard InChI is InChI=1S/C13H10N3O2/c17-12-16-13(9-18-12,10-5-2-1-3-6-10)11-14-7-4-8-15-11/h1-8H,9H2. The molecule has 5 nitrogen and oxygen atoms in total. The van der Waals surface area contributed by atoms with Crippen molar-refractivity contribution in [1.29, 1.82) is 0 Å². The van der Waals surface area contributed by atoms with Crippen LogP contribution in [-0.4, -0.2) is 22.7 Å². The summed E-state index contributed by atoms with van der Waals surface area (Å²) in [5.41, 5.74) is -0.0679. The third kappa shape index (κ3) is 1.60. The summed E-state index contributed by atoms with van der Waals surface area (Å²) in [5, 5.41) is 4.07. The summed E-state index contributed by atoms with van der Waals surface area (Å²) in [6.45, 7) is 0.139. The molecule has 1 fully saturated rings. The monoisotopic (exact) mass is 240 g/mol. The van der Waals surface area contributed by atoms with Crippen molar-refractivity contribution in [2.24, 2.45) is 0 Å². The van der Waals surface area contributed by atoms with Gasteiger partial charge in [-0.1, -0.05) is 30.3 Å². The topological polar surface area (TPSA) is 66.2 Å².